The Morgan fingerprint density at radius 1 is 1.13 bits per heavy atom. The monoisotopic (exact) mass is 468 g/mol. The van der Waals surface area contributed by atoms with E-state index in [0.29, 0.717) is 13.0 Å². The van der Waals surface area contributed by atoms with Crippen LogP contribution in [0.5, 0.6) is 0 Å². The summed E-state index contributed by atoms with van der Waals surface area (Å²) in [6, 6.07) is 4.76. The second-order valence-corrected chi connectivity index (χ2v) is 6.03. The summed E-state index contributed by atoms with van der Waals surface area (Å²) in [5.41, 5.74) is 5.08. The zero-order valence-corrected chi connectivity index (χ0v) is 16.6. The maximum atomic E-state index is 12.2. The number of carboxylic acids is 2. The van der Waals surface area contributed by atoms with Crippen LogP contribution in [0.3, 0.4) is 0 Å². The molecule has 1 aromatic carbocycles. The van der Waals surface area contributed by atoms with Crippen molar-refractivity contribution in [1.82, 2.24) is 10.6 Å². The normalized spacial score (nSPS) is 11.4. The van der Waals surface area contributed by atoms with Gasteiger partial charge in [-0.3, -0.25) is 15.0 Å². The predicted octanol–water partition coefficient (Wildman–Crippen LogP) is 1.19. The molecule has 0 unspecified atom stereocenters. The van der Waals surface area contributed by atoms with Crippen LogP contribution < -0.4 is 16.4 Å². The minimum Gasteiger partial charge on any atom is -0.478 e. The van der Waals surface area contributed by atoms with E-state index in [-0.39, 0.29) is 29.3 Å². The number of benzene rings is 1. The van der Waals surface area contributed by atoms with Crippen molar-refractivity contribution in [2.75, 3.05) is 12.4 Å². The number of amides is 2. The highest BCUT2D eigenvalue weighted by Crippen LogP contribution is 2.13. The molecule has 31 heavy (non-hydrogen) atoms. The van der Waals surface area contributed by atoms with Gasteiger partial charge in [0.15, 0.2) is 0 Å². The Kier molecular flexibility index (Phi) is 11.6. The van der Waals surface area contributed by atoms with Crippen molar-refractivity contribution in [3.63, 3.8) is 0 Å². The van der Waals surface area contributed by atoms with Crippen molar-refractivity contribution in [3.05, 3.63) is 35.4 Å². The molecule has 172 valence electrons. The van der Waals surface area contributed by atoms with Gasteiger partial charge in [-0.2, -0.15) is 13.2 Å². The molecule has 7 N–H and O–H groups in total. The van der Waals surface area contributed by atoms with Gasteiger partial charge in [-0.15, -0.1) is 11.6 Å². The van der Waals surface area contributed by atoms with Crippen LogP contribution in [0.15, 0.2) is 24.3 Å². The number of aliphatic carboxylic acids is 1. The maximum Gasteiger partial charge on any atom is 0.490 e. The number of carboxylic acid groups (broad SMARTS) is 2. The third-order valence-corrected chi connectivity index (χ3v) is 3.70. The molecular formula is C17H20ClF3N4O6. The van der Waals surface area contributed by atoms with Gasteiger partial charge in [-0.05, 0) is 25.0 Å². The second kappa shape index (κ2) is 13.1. The van der Waals surface area contributed by atoms with Crippen LogP contribution >= 0.6 is 11.6 Å². The van der Waals surface area contributed by atoms with Crippen molar-refractivity contribution in [1.29, 1.82) is 5.41 Å². The molecule has 0 spiro atoms. The van der Waals surface area contributed by atoms with Crippen LogP contribution in [-0.4, -0.2) is 64.4 Å². The Balaban J connectivity index is 0.00000110. The summed E-state index contributed by atoms with van der Waals surface area (Å²) in [5.74, 6) is -5.18. The first-order chi connectivity index (χ1) is 14.3. The van der Waals surface area contributed by atoms with Gasteiger partial charge >= 0.3 is 18.1 Å². The van der Waals surface area contributed by atoms with E-state index in [4.69, 9.17) is 37.8 Å². The number of hydrogen-bond donors (Lipinski definition) is 6. The van der Waals surface area contributed by atoms with Crippen molar-refractivity contribution >= 4 is 41.2 Å². The van der Waals surface area contributed by atoms with Gasteiger partial charge in [0, 0.05) is 6.54 Å². The Morgan fingerprint density at radius 3 is 2.06 bits per heavy atom. The zero-order chi connectivity index (χ0) is 24.2. The number of halogens is 4. The first-order valence-electron chi connectivity index (χ1n) is 8.41. The molecule has 0 aliphatic rings. The number of nitrogens with two attached hydrogens (primary N) is 1. The van der Waals surface area contributed by atoms with Crippen LogP contribution in [0.4, 0.5) is 13.2 Å². The Labute approximate surface area is 179 Å². The molecule has 0 heterocycles. The number of primary amides is 1. The summed E-state index contributed by atoms with van der Waals surface area (Å²) in [6.45, 7) is 0.400. The third-order valence-electron chi connectivity index (χ3n) is 3.43. The molecule has 0 aliphatic carbocycles. The van der Waals surface area contributed by atoms with E-state index in [1.165, 1.54) is 24.3 Å². The molecule has 0 radical (unpaired) electrons. The van der Waals surface area contributed by atoms with Gasteiger partial charge in [-0.25, -0.2) is 9.59 Å². The van der Waals surface area contributed by atoms with Gasteiger partial charge in [0.1, 0.15) is 11.9 Å². The van der Waals surface area contributed by atoms with E-state index < -0.39 is 36.0 Å². The van der Waals surface area contributed by atoms with Crippen LogP contribution in [0.2, 0.25) is 0 Å². The van der Waals surface area contributed by atoms with Crippen LogP contribution in [0, 0.1) is 5.41 Å². The number of nitrogens with one attached hydrogen (secondary N) is 3. The van der Waals surface area contributed by atoms with E-state index in [1.54, 1.807) is 0 Å². The van der Waals surface area contributed by atoms with E-state index in [0.717, 1.165) is 0 Å². The molecule has 1 atom stereocenters. The summed E-state index contributed by atoms with van der Waals surface area (Å²) >= 11 is 5.45. The highest BCUT2D eigenvalue weighted by Gasteiger charge is 2.38. The van der Waals surface area contributed by atoms with E-state index in [2.05, 4.69) is 10.6 Å². The maximum absolute atomic E-state index is 12.2. The summed E-state index contributed by atoms with van der Waals surface area (Å²) in [5, 5.41) is 28.7. The molecule has 1 rings (SSSR count). The topological polar surface area (TPSA) is 183 Å². The minimum absolute atomic E-state index is 0.0432. The molecule has 0 saturated carbocycles. The second-order valence-electron chi connectivity index (χ2n) is 5.76. The molecule has 10 nitrogen and oxygen atoms in total. The van der Waals surface area contributed by atoms with Crippen LogP contribution in [-0.2, 0) is 9.59 Å². The van der Waals surface area contributed by atoms with Crippen molar-refractivity contribution < 1.29 is 42.6 Å². The largest absolute Gasteiger partial charge is 0.490 e. The molecule has 0 saturated heterocycles. The Hall–Kier alpha value is -3.35. The minimum atomic E-state index is -5.08. The standard InChI is InChI=1S/C15H19ClN4O4.C2HF3O2/c16-8-12(17)19-7-3-6-11(13(18)21)20-14(22)9-4-1-2-5-10(9)15(23)24;3-2(4,5)1(6)7/h1-2,4-5,11H,3,6-8H2,(H2,17,19)(H2,18,21)(H,20,22)(H,23,24);(H,6,7)/t11-;/m0./s1. The first-order valence-corrected chi connectivity index (χ1v) is 8.94. The van der Waals surface area contributed by atoms with Gasteiger partial charge in [-0.1, -0.05) is 12.1 Å². The number of aromatic carboxylic acids is 1. The number of carbonyl (C=O) groups is 4. The first kappa shape index (κ1) is 27.6. The molecule has 14 heteroatoms. The third kappa shape index (κ3) is 10.8. The van der Waals surface area contributed by atoms with Crippen molar-refractivity contribution in [2.45, 2.75) is 25.1 Å². The fourth-order valence-corrected chi connectivity index (χ4v) is 2.08. The average Bonchev–Trinajstić information content (AvgIpc) is 2.69. The number of alkyl halides is 4. The fourth-order valence-electron chi connectivity index (χ4n) is 1.98. The molecule has 0 bridgehead atoms. The van der Waals surface area contributed by atoms with Gasteiger partial charge in [0.25, 0.3) is 5.91 Å². The lowest BCUT2D eigenvalue weighted by atomic mass is 10.1. The summed E-state index contributed by atoms with van der Waals surface area (Å²) in [6.07, 6.45) is -4.37. The smallest absolute Gasteiger partial charge is 0.478 e. The lowest BCUT2D eigenvalue weighted by molar-refractivity contribution is -0.192. The van der Waals surface area contributed by atoms with E-state index >= 15 is 0 Å². The van der Waals surface area contributed by atoms with E-state index in [9.17, 15) is 27.6 Å². The number of amidine groups is 1. The Morgan fingerprint density at radius 2 is 1.65 bits per heavy atom. The predicted molar refractivity (Wildman–Crippen MR) is 103 cm³/mol. The van der Waals surface area contributed by atoms with Gasteiger partial charge in [0.2, 0.25) is 5.91 Å². The molecule has 1 aromatic rings. The summed E-state index contributed by atoms with van der Waals surface area (Å²) in [4.78, 5) is 43.7. The lowest BCUT2D eigenvalue weighted by Gasteiger charge is -2.16. The zero-order valence-electron chi connectivity index (χ0n) is 15.8. The van der Waals surface area contributed by atoms with Crippen molar-refractivity contribution in [3.8, 4) is 0 Å². The highest BCUT2D eigenvalue weighted by molar-refractivity contribution is 6.27. The molecule has 0 aliphatic heterocycles. The summed E-state index contributed by atoms with van der Waals surface area (Å²) < 4.78 is 31.7. The molecule has 0 aromatic heterocycles. The number of rotatable bonds is 9. The Bertz CT molecular complexity index is 819. The van der Waals surface area contributed by atoms with E-state index in [1.807, 2.05) is 0 Å². The number of hydrogen-bond acceptors (Lipinski definition) is 5. The molecular weight excluding hydrogens is 449 g/mol. The fraction of sp³-hybridized carbons (Fsp3) is 0.353. The van der Waals surface area contributed by atoms with Gasteiger partial charge in [0.05, 0.1) is 17.0 Å². The SMILES string of the molecule is N=C(CCl)NCCC[C@H](NC(=O)c1ccccc1C(=O)O)C(N)=O.O=C(O)C(F)(F)F. The van der Waals surface area contributed by atoms with Crippen LogP contribution in [0.25, 0.3) is 0 Å². The van der Waals surface area contributed by atoms with Crippen molar-refractivity contribution in [2.24, 2.45) is 5.73 Å². The average molecular weight is 469 g/mol. The van der Waals surface area contributed by atoms with Gasteiger partial charge < -0.3 is 26.6 Å². The summed E-state index contributed by atoms with van der Waals surface area (Å²) in [7, 11) is 0. The highest BCUT2D eigenvalue weighted by atomic mass is 35.5. The molecule has 2 amide bonds. The van der Waals surface area contributed by atoms with Crippen LogP contribution in [0.1, 0.15) is 33.6 Å². The number of carbonyl (C=O) groups excluding carboxylic acids is 2. The molecule has 0 fully saturated rings. The lowest BCUT2D eigenvalue weighted by Crippen LogP contribution is -2.45. The quantitative estimate of drug-likeness (QED) is 0.136.